The van der Waals surface area contributed by atoms with Gasteiger partial charge < -0.3 is 15.4 Å². The fourth-order valence-corrected chi connectivity index (χ4v) is 1.77. The first-order valence-electron chi connectivity index (χ1n) is 6.42. The molecule has 0 radical (unpaired) electrons. The van der Waals surface area contributed by atoms with E-state index < -0.39 is 12.1 Å². The van der Waals surface area contributed by atoms with Gasteiger partial charge in [0.05, 0.1) is 12.7 Å². The van der Waals surface area contributed by atoms with Crippen LogP contribution in [0.2, 0.25) is 5.02 Å². The normalized spacial score (nSPS) is 11.1. The molecule has 0 aromatic heterocycles. The highest BCUT2D eigenvalue weighted by molar-refractivity contribution is 6.30. The topological polar surface area (TPSA) is 91.2 Å². The van der Waals surface area contributed by atoms with Gasteiger partial charge >= 0.3 is 6.09 Å². The number of nitriles is 1. The van der Waals surface area contributed by atoms with Crippen molar-refractivity contribution in [3.05, 3.63) is 34.9 Å². The third-order valence-corrected chi connectivity index (χ3v) is 2.75. The molecule has 21 heavy (non-hydrogen) atoms. The smallest absolute Gasteiger partial charge is 0.407 e. The van der Waals surface area contributed by atoms with E-state index in [0.29, 0.717) is 10.6 Å². The molecule has 0 bridgehead atoms. The lowest BCUT2D eigenvalue weighted by atomic mass is 10.1. The zero-order valence-corrected chi connectivity index (χ0v) is 12.3. The molecular weight excluding hydrogens is 294 g/mol. The minimum absolute atomic E-state index is 0.0531. The van der Waals surface area contributed by atoms with Gasteiger partial charge in [-0.05, 0) is 24.6 Å². The standard InChI is InChI=1S/C14H16ClN3O3/c1-2-21-14(20)17-7-6-13(19)18-12(9-16)10-4-3-5-11(15)8-10/h3-5,8,12H,2,6-7H2,1H3,(H,17,20)(H,18,19). The minimum Gasteiger partial charge on any atom is -0.450 e. The molecule has 0 aliphatic heterocycles. The molecule has 1 atom stereocenters. The Hall–Kier alpha value is -2.26. The van der Waals surface area contributed by atoms with E-state index in [9.17, 15) is 9.59 Å². The van der Waals surface area contributed by atoms with Crippen LogP contribution in [0.1, 0.15) is 24.9 Å². The SMILES string of the molecule is CCOC(=O)NCCC(=O)NC(C#N)c1cccc(Cl)c1. The van der Waals surface area contributed by atoms with Crippen LogP contribution in [0, 0.1) is 11.3 Å². The van der Waals surface area contributed by atoms with E-state index in [-0.39, 0.29) is 25.5 Å². The molecule has 1 unspecified atom stereocenters. The number of hydrogen-bond acceptors (Lipinski definition) is 4. The van der Waals surface area contributed by atoms with Crippen LogP contribution in [-0.4, -0.2) is 25.2 Å². The molecule has 0 saturated carbocycles. The monoisotopic (exact) mass is 309 g/mol. The fraction of sp³-hybridized carbons (Fsp3) is 0.357. The highest BCUT2D eigenvalue weighted by atomic mass is 35.5. The van der Waals surface area contributed by atoms with Crippen LogP contribution in [0.4, 0.5) is 4.79 Å². The van der Waals surface area contributed by atoms with Gasteiger partial charge in [0.1, 0.15) is 6.04 Å². The quantitative estimate of drug-likeness (QED) is 0.842. The molecule has 1 rings (SSSR count). The van der Waals surface area contributed by atoms with E-state index in [4.69, 9.17) is 16.9 Å². The van der Waals surface area contributed by atoms with Gasteiger partial charge in [-0.25, -0.2) is 4.79 Å². The summed E-state index contributed by atoms with van der Waals surface area (Å²) in [5.41, 5.74) is 0.608. The summed E-state index contributed by atoms with van der Waals surface area (Å²) in [5.74, 6) is -0.349. The predicted octanol–water partition coefficient (Wildman–Crippen LogP) is 2.16. The van der Waals surface area contributed by atoms with Crippen molar-refractivity contribution in [2.45, 2.75) is 19.4 Å². The van der Waals surface area contributed by atoms with Gasteiger partial charge in [-0.3, -0.25) is 4.79 Å². The number of nitrogens with one attached hydrogen (secondary N) is 2. The van der Waals surface area contributed by atoms with E-state index in [1.807, 2.05) is 6.07 Å². The molecule has 0 heterocycles. The van der Waals surface area contributed by atoms with Crippen LogP contribution in [0.15, 0.2) is 24.3 Å². The van der Waals surface area contributed by atoms with Crippen LogP contribution in [0.3, 0.4) is 0 Å². The lowest BCUT2D eigenvalue weighted by Gasteiger charge is -2.12. The van der Waals surface area contributed by atoms with Crippen molar-refractivity contribution < 1.29 is 14.3 Å². The highest BCUT2D eigenvalue weighted by Crippen LogP contribution is 2.17. The van der Waals surface area contributed by atoms with E-state index in [1.54, 1.807) is 31.2 Å². The summed E-state index contributed by atoms with van der Waals surface area (Å²) in [4.78, 5) is 22.8. The molecule has 0 saturated heterocycles. The van der Waals surface area contributed by atoms with Crippen LogP contribution >= 0.6 is 11.6 Å². The number of carbonyl (C=O) groups excluding carboxylic acids is 2. The summed E-state index contributed by atoms with van der Waals surface area (Å²) in [6.07, 6.45) is -0.519. The van der Waals surface area contributed by atoms with E-state index in [0.717, 1.165) is 0 Å². The number of amides is 2. The molecule has 0 aliphatic carbocycles. The number of hydrogen-bond donors (Lipinski definition) is 2. The first kappa shape index (κ1) is 16.8. The molecule has 2 N–H and O–H groups in total. The molecule has 6 nitrogen and oxygen atoms in total. The number of nitrogens with zero attached hydrogens (tertiary/aromatic N) is 1. The van der Waals surface area contributed by atoms with Gasteiger partial charge in [0.25, 0.3) is 0 Å². The maximum absolute atomic E-state index is 11.7. The van der Waals surface area contributed by atoms with Gasteiger partial charge in [-0.15, -0.1) is 0 Å². The van der Waals surface area contributed by atoms with Crippen molar-refractivity contribution >= 4 is 23.6 Å². The zero-order chi connectivity index (χ0) is 15.7. The lowest BCUT2D eigenvalue weighted by molar-refractivity contribution is -0.121. The second kappa shape index (κ2) is 8.82. The van der Waals surface area contributed by atoms with Gasteiger partial charge in [0.15, 0.2) is 0 Å². The molecule has 0 fully saturated rings. The van der Waals surface area contributed by atoms with Crippen molar-refractivity contribution in [1.82, 2.24) is 10.6 Å². The molecule has 7 heteroatoms. The Kier molecular flexibility index (Phi) is 7.05. The van der Waals surface area contributed by atoms with Gasteiger partial charge in [0, 0.05) is 18.0 Å². The van der Waals surface area contributed by atoms with E-state index in [2.05, 4.69) is 15.4 Å². The highest BCUT2D eigenvalue weighted by Gasteiger charge is 2.14. The van der Waals surface area contributed by atoms with Gasteiger partial charge in [0.2, 0.25) is 5.91 Å². The van der Waals surface area contributed by atoms with E-state index in [1.165, 1.54) is 0 Å². The van der Waals surface area contributed by atoms with Crippen LogP contribution in [-0.2, 0) is 9.53 Å². The van der Waals surface area contributed by atoms with Crippen molar-refractivity contribution in [3.8, 4) is 6.07 Å². The average Bonchev–Trinajstić information content (AvgIpc) is 2.45. The number of rotatable bonds is 6. The summed E-state index contributed by atoms with van der Waals surface area (Å²) in [6, 6.07) is 7.93. The third kappa shape index (κ3) is 6.15. The molecule has 1 aromatic carbocycles. The van der Waals surface area contributed by atoms with Crippen molar-refractivity contribution in [2.75, 3.05) is 13.2 Å². The Bertz CT molecular complexity index is 543. The number of alkyl carbamates (subject to hydrolysis) is 1. The van der Waals surface area contributed by atoms with Crippen LogP contribution < -0.4 is 10.6 Å². The Balaban J connectivity index is 2.45. The summed E-state index contributed by atoms with van der Waals surface area (Å²) in [6.45, 7) is 2.09. The van der Waals surface area contributed by atoms with E-state index >= 15 is 0 Å². The van der Waals surface area contributed by atoms with Crippen LogP contribution in [0.25, 0.3) is 0 Å². The number of ether oxygens (including phenoxy) is 1. The maximum Gasteiger partial charge on any atom is 0.407 e. The van der Waals surface area contributed by atoms with Crippen molar-refractivity contribution in [3.63, 3.8) is 0 Å². The first-order valence-corrected chi connectivity index (χ1v) is 6.79. The molecule has 112 valence electrons. The number of carbonyl (C=O) groups is 2. The maximum atomic E-state index is 11.7. The summed E-state index contributed by atoms with van der Waals surface area (Å²) < 4.78 is 4.66. The van der Waals surface area contributed by atoms with Gasteiger partial charge in [-0.1, -0.05) is 23.7 Å². The zero-order valence-electron chi connectivity index (χ0n) is 11.6. The first-order chi connectivity index (χ1) is 10.1. The van der Waals surface area contributed by atoms with Gasteiger partial charge in [-0.2, -0.15) is 5.26 Å². The molecule has 1 aromatic rings. The molecule has 0 aliphatic rings. The Morgan fingerprint density at radius 1 is 1.48 bits per heavy atom. The lowest BCUT2D eigenvalue weighted by Crippen LogP contribution is -2.32. The molecule has 2 amide bonds. The molecule has 0 spiro atoms. The largest absolute Gasteiger partial charge is 0.450 e. The Labute approximate surface area is 128 Å². The second-order valence-corrected chi connectivity index (χ2v) is 4.52. The Morgan fingerprint density at radius 3 is 2.86 bits per heavy atom. The Morgan fingerprint density at radius 2 is 2.24 bits per heavy atom. The second-order valence-electron chi connectivity index (χ2n) is 4.08. The number of halogens is 1. The predicted molar refractivity (Wildman–Crippen MR) is 77.6 cm³/mol. The third-order valence-electron chi connectivity index (χ3n) is 2.51. The average molecular weight is 310 g/mol. The van der Waals surface area contributed by atoms with Crippen LogP contribution in [0.5, 0.6) is 0 Å². The summed E-state index contributed by atoms with van der Waals surface area (Å²) >= 11 is 5.85. The molecular formula is C14H16ClN3O3. The summed E-state index contributed by atoms with van der Waals surface area (Å²) in [5, 5.41) is 14.6. The van der Waals surface area contributed by atoms with Crippen molar-refractivity contribution in [2.24, 2.45) is 0 Å². The number of benzene rings is 1. The summed E-state index contributed by atoms with van der Waals surface area (Å²) in [7, 11) is 0. The minimum atomic E-state index is -0.779. The van der Waals surface area contributed by atoms with Crippen molar-refractivity contribution in [1.29, 1.82) is 5.26 Å². The fourth-order valence-electron chi connectivity index (χ4n) is 1.57.